The lowest BCUT2D eigenvalue weighted by molar-refractivity contribution is -0.179. The fourth-order valence-corrected chi connectivity index (χ4v) is 6.60. The number of hydroxylamine groups is 2. The number of nitrogens with two attached hydrogens (primary N) is 2. The van der Waals surface area contributed by atoms with Gasteiger partial charge >= 0.3 is 11.9 Å². The van der Waals surface area contributed by atoms with Gasteiger partial charge in [-0.25, -0.2) is 0 Å². The van der Waals surface area contributed by atoms with Crippen LogP contribution >= 0.6 is 12.6 Å². The molecule has 2 heterocycles. The molecule has 67 heavy (non-hydrogen) atoms. The van der Waals surface area contributed by atoms with Gasteiger partial charge in [-0.05, 0) is 102 Å². The van der Waals surface area contributed by atoms with Crippen molar-refractivity contribution >= 4 is 59.9 Å². The molecule has 0 bridgehead atoms. The molecular formula is C48H77N5O13S. The van der Waals surface area contributed by atoms with Crippen molar-refractivity contribution in [1.29, 1.82) is 0 Å². The van der Waals surface area contributed by atoms with Crippen LogP contribution in [-0.2, 0) is 52.7 Å². The van der Waals surface area contributed by atoms with Gasteiger partial charge in [-0.1, -0.05) is 48.5 Å². The molecule has 2 aliphatic heterocycles. The van der Waals surface area contributed by atoms with E-state index in [-0.39, 0.29) is 71.6 Å². The van der Waals surface area contributed by atoms with Crippen molar-refractivity contribution in [3.63, 3.8) is 0 Å². The van der Waals surface area contributed by atoms with Crippen LogP contribution in [0.4, 0.5) is 0 Å². The number of amides is 4. The number of imide groups is 2. The van der Waals surface area contributed by atoms with Crippen molar-refractivity contribution in [2.75, 3.05) is 60.8 Å². The maximum atomic E-state index is 11.4. The maximum Gasteiger partial charge on any atom is 0.303 e. The zero-order valence-electron chi connectivity index (χ0n) is 41.5. The molecular weight excluding hydrogens is 887 g/mol. The Bertz CT molecular complexity index is 1760. The Labute approximate surface area is 402 Å². The third kappa shape index (κ3) is 27.8. The molecule has 19 heteroatoms. The van der Waals surface area contributed by atoms with E-state index in [1.807, 2.05) is 52.1 Å². The second-order valence-corrected chi connectivity index (χ2v) is 15.4. The molecule has 18 nitrogen and oxygen atoms in total. The number of fused-ring (bicyclic) bond motifs is 3. The van der Waals surface area contributed by atoms with Gasteiger partial charge < -0.3 is 36.5 Å². The molecule has 7 N–H and O–H groups in total. The van der Waals surface area contributed by atoms with Crippen molar-refractivity contribution in [3.05, 3.63) is 71.8 Å². The first-order valence-corrected chi connectivity index (χ1v) is 22.5. The number of carboxylic acid groups (broad SMARTS) is 1. The topological polar surface area (TPSA) is 275 Å². The third-order valence-electron chi connectivity index (χ3n) is 9.21. The number of aliphatic carboxylic acids is 1. The number of nitrogens with one attached hydrogen (secondary N) is 1. The lowest BCUT2D eigenvalue weighted by Gasteiger charge is -2.29. The van der Waals surface area contributed by atoms with E-state index in [2.05, 4.69) is 52.8 Å². The van der Waals surface area contributed by atoms with Crippen LogP contribution in [0.25, 0.3) is 11.1 Å². The molecule has 4 aliphatic rings. The van der Waals surface area contributed by atoms with Crippen LogP contribution in [0.15, 0.2) is 60.7 Å². The predicted octanol–water partition coefficient (Wildman–Crippen LogP) is 4.70. The molecule has 2 aromatic carbocycles. The number of Topliss-reactive ketones (excluding diaryl/α,β-unsaturated/α-hetero) is 1. The average Bonchev–Trinajstić information content (AvgIpc) is 3.92. The molecule has 4 amide bonds. The van der Waals surface area contributed by atoms with E-state index in [0.717, 1.165) is 57.9 Å². The number of aliphatic hydroxyl groups is 1. The number of likely N-dealkylation sites (N-methyl/N-ethyl adjacent to an activating group) is 1. The van der Waals surface area contributed by atoms with Gasteiger partial charge in [-0.3, -0.25) is 48.1 Å². The number of carbonyl (C=O) groups excluding carboxylic acids is 7. The lowest BCUT2D eigenvalue weighted by Crippen LogP contribution is -2.36. The average molecular weight is 964 g/mol. The summed E-state index contributed by atoms with van der Waals surface area (Å²) in [4.78, 5) is 91.2. The number of hydrogen-bond donors (Lipinski definition) is 6. The molecule has 0 atom stereocenters. The van der Waals surface area contributed by atoms with Crippen LogP contribution in [0, 0.1) is 11.8 Å². The van der Waals surface area contributed by atoms with Gasteiger partial charge in [0.25, 0.3) is 29.6 Å². The summed E-state index contributed by atoms with van der Waals surface area (Å²) in [5.74, 6) is -1.21. The Morgan fingerprint density at radius 1 is 0.776 bits per heavy atom. The highest BCUT2D eigenvalue weighted by molar-refractivity contribution is 7.79. The molecule has 0 unspecified atom stereocenters. The van der Waals surface area contributed by atoms with E-state index in [1.54, 1.807) is 13.2 Å². The van der Waals surface area contributed by atoms with Gasteiger partial charge in [0.1, 0.15) is 18.0 Å². The van der Waals surface area contributed by atoms with Crippen LogP contribution in [0.1, 0.15) is 104 Å². The molecule has 2 aromatic rings. The predicted molar refractivity (Wildman–Crippen MR) is 261 cm³/mol. The van der Waals surface area contributed by atoms with Gasteiger partial charge in [0.2, 0.25) is 0 Å². The molecule has 1 saturated heterocycles. The van der Waals surface area contributed by atoms with Crippen molar-refractivity contribution in [1.82, 2.24) is 15.3 Å². The number of hydrogen-bond acceptors (Lipinski definition) is 16. The van der Waals surface area contributed by atoms with Gasteiger partial charge in [0.05, 0.1) is 7.11 Å². The fourth-order valence-electron chi connectivity index (χ4n) is 6.60. The van der Waals surface area contributed by atoms with E-state index in [1.165, 1.54) is 67.3 Å². The summed E-state index contributed by atoms with van der Waals surface area (Å²) in [7, 11) is 5.69. The zero-order chi connectivity index (χ0) is 52.3. The molecule has 2 aliphatic carbocycles. The normalized spacial score (nSPS) is 16.0. The van der Waals surface area contributed by atoms with E-state index >= 15 is 0 Å². The van der Waals surface area contributed by atoms with Gasteiger partial charge in [-0.2, -0.15) is 17.7 Å². The van der Waals surface area contributed by atoms with Crippen LogP contribution in [0.2, 0.25) is 0 Å². The summed E-state index contributed by atoms with van der Waals surface area (Å²) in [6, 6.07) is 16.6. The molecule has 378 valence electrons. The van der Waals surface area contributed by atoms with Gasteiger partial charge in [-0.15, -0.1) is 0 Å². The number of nitrogens with zero attached hydrogens (tertiary/aromatic N) is 2. The first-order valence-electron chi connectivity index (χ1n) is 21.6. The summed E-state index contributed by atoms with van der Waals surface area (Å²) in [5, 5.41) is 18.1. The summed E-state index contributed by atoms with van der Waals surface area (Å²) in [6.45, 7) is 13.7. The van der Waals surface area contributed by atoms with E-state index in [4.69, 9.17) is 30.2 Å². The molecule has 1 saturated carbocycles. The minimum absolute atomic E-state index is 0.168. The number of carbonyl (C=O) groups is 8. The largest absolute Gasteiger partial charge is 0.481 e. The summed E-state index contributed by atoms with van der Waals surface area (Å²) in [6.07, 6.45) is 8.56. The number of rotatable bonds is 8. The monoisotopic (exact) mass is 964 g/mol. The SMILES string of the molecule is CC(=O)C1CCC(CN2C(=O)C=CC2=O)CC1.CC(=O)O.CC(=O)OC(C)(C)C.CC(=O)OCC1c2ccccc2-c2ccccc21.CN.CNCCN.CO.CON1C(=O)CCC1=O.CS. The van der Waals surface area contributed by atoms with Gasteiger partial charge in [0.15, 0.2) is 0 Å². The number of carboxylic acids is 1. The summed E-state index contributed by atoms with van der Waals surface area (Å²) in [5.41, 5.74) is 14.3. The van der Waals surface area contributed by atoms with Crippen LogP contribution in [-0.4, -0.2) is 134 Å². The number of ether oxygens (including phenoxy) is 2. The number of ketones is 1. The highest BCUT2D eigenvalue weighted by Crippen LogP contribution is 2.44. The standard InChI is InChI=1S/C16H14O2.C13H17NO3.C6H12O2.C5H7NO3.C3H10N2.C2H4O2.CH5N.CH4O.CH4S/c1-11(17)18-10-16-14-8-4-2-6-12(14)13-7-3-5-9-15(13)16;1-9(15)11-4-2-10(3-5-11)8-14-12(16)6-7-13(14)17;1-5(7)8-6(2,3)4;1-9-6-4(7)2-3-5(6)8;1-5-3-2-4;1-2(3)4;3*1-2/h2-9,16H,10H2,1H3;6-7,10-11H,2-5,8H2,1H3;1-4H3;2-3H2,1H3;5H,2-4H2,1H3;1H3,(H,3,4);2H2,1H3;2*2H,1H3. The Morgan fingerprint density at radius 2 is 1.19 bits per heavy atom. The van der Waals surface area contributed by atoms with Crippen molar-refractivity contribution in [3.8, 4) is 11.1 Å². The minimum Gasteiger partial charge on any atom is -0.481 e. The second-order valence-electron chi connectivity index (χ2n) is 15.4. The highest BCUT2D eigenvalue weighted by Gasteiger charge is 2.31. The molecule has 6 rings (SSSR count). The Hall–Kier alpha value is -5.31. The van der Waals surface area contributed by atoms with E-state index in [9.17, 15) is 33.6 Å². The Balaban J connectivity index is -0.000000768. The Kier molecular flexibility index (Phi) is 37.2. The molecule has 0 aromatic heterocycles. The number of esters is 2. The smallest absolute Gasteiger partial charge is 0.303 e. The first kappa shape index (κ1) is 66.0. The van der Waals surface area contributed by atoms with Crippen LogP contribution in [0.5, 0.6) is 0 Å². The molecule has 0 spiro atoms. The zero-order valence-corrected chi connectivity index (χ0v) is 42.4. The number of thiol groups is 1. The maximum absolute atomic E-state index is 11.4. The van der Waals surface area contributed by atoms with Crippen LogP contribution in [0.3, 0.4) is 0 Å². The minimum atomic E-state index is -0.833. The lowest BCUT2D eigenvalue weighted by atomic mass is 9.80. The number of benzene rings is 2. The quantitative estimate of drug-likeness (QED) is 0.119. The van der Waals surface area contributed by atoms with Crippen molar-refractivity contribution in [2.45, 2.75) is 98.5 Å². The van der Waals surface area contributed by atoms with Crippen LogP contribution < -0.4 is 16.8 Å². The van der Waals surface area contributed by atoms with Gasteiger partial charge in [0, 0.05) is 84.3 Å². The Morgan fingerprint density at radius 3 is 1.48 bits per heavy atom. The summed E-state index contributed by atoms with van der Waals surface area (Å²) < 4.78 is 10.00. The van der Waals surface area contributed by atoms with Crippen molar-refractivity contribution < 1.29 is 62.9 Å². The second kappa shape index (κ2) is 37.7. The highest BCUT2D eigenvalue weighted by atomic mass is 32.1. The number of aliphatic hydroxyl groups excluding tert-OH is 1. The third-order valence-corrected chi connectivity index (χ3v) is 9.21. The van der Waals surface area contributed by atoms with E-state index < -0.39 is 5.97 Å². The first-order chi connectivity index (χ1) is 31.7. The van der Waals surface area contributed by atoms with Crippen molar-refractivity contribution in [2.24, 2.45) is 23.3 Å². The molecule has 2 fully saturated rings. The molecule has 0 radical (unpaired) electrons. The van der Waals surface area contributed by atoms with E-state index in [0.29, 0.717) is 19.1 Å². The summed E-state index contributed by atoms with van der Waals surface area (Å²) >= 11 is 3.53. The fraction of sp³-hybridized carbons (Fsp3) is 0.542.